The first-order valence-electron chi connectivity index (χ1n) is 8.34. The van der Waals surface area contributed by atoms with Crippen LogP contribution in [0.4, 0.5) is 5.13 Å². The fraction of sp³-hybridized carbons (Fsp3) is 0.688. The first kappa shape index (κ1) is 16.4. The highest BCUT2D eigenvalue weighted by Crippen LogP contribution is 2.26. The Labute approximate surface area is 140 Å². The van der Waals surface area contributed by atoms with Gasteiger partial charge in [-0.15, -0.1) is 11.3 Å². The molecule has 1 aliphatic carbocycles. The molecule has 1 saturated carbocycles. The molecule has 1 atom stereocenters. The van der Waals surface area contributed by atoms with E-state index in [1.165, 1.54) is 11.3 Å². The van der Waals surface area contributed by atoms with E-state index in [4.69, 9.17) is 4.74 Å². The number of hydrogen-bond donors (Lipinski definition) is 2. The number of amides is 2. The van der Waals surface area contributed by atoms with Gasteiger partial charge in [-0.3, -0.25) is 9.59 Å². The van der Waals surface area contributed by atoms with Crippen molar-refractivity contribution in [2.75, 3.05) is 18.5 Å². The second-order valence-electron chi connectivity index (χ2n) is 6.23. The average molecular weight is 337 g/mol. The summed E-state index contributed by atoms with van der Waals surface area (Å²) in [7, 11) is 0. The van der Waals surface area contributed by atoms with Crippen molar-refractivity contribution in [3.8, 4) is 0 Å². The number of carbonyl (C=O) groups is 2. The largest absolute Gasteiger partial charge is 0.376 e. The lowest BCUT2D eigenvalue weighted by Gasteiger charge is -2.10. The number of aromatic nitrogens is 1. The van der Waals surface area contributed by atoms with Crippen LogP contribution in [0.15, 0.2) is 5.38 Å². The maximum atomic E-state index is 12.1. The number of nitrogens with one attached hydrogen (secondary N) is 2. The summed E-state index contributed by atoms with van der Waals surface area (Å²) in [5.41, 5.74) is 0.696. The Morgan fingerprint density at radius 2 is 2.09 bits per heavy atom. The number of thiazole rings is 1. The van der Waals surface area contributed by atoms with Gasteiger partial charge >= 0.3 is 0 Å². The normalized spacial score (nSPS) is 21.5. The van der Waals surface area contributed by atoms with E-state index in [1.54, 1.807) is 0 Å². The second kappa shape index (κ2) is 7.88. The van der Waals surface area contributed by atoms with Crippen LogP contribution in [0.1, 0.15) is 44.2 Å². The van der Waals surface area contributed by atoms with Gasteiger partial charge in [0.2, 0.25) is 11.8 Å². The van der Waals surface area contributed by atoms with Crippen molar-refractivity contribution in [1.29, 1.82) is 0 Å². The monoisotopic (exact) mass is 337 g/mol. The summed E-state index contributed by atoms with van der Waals surface area (Å²) < 4.78 is 5.47. The molecular weight excluding hydrogens is 314 g/mol. The molecule has 2 amide bonds. The molecule has 23 heavy (non-hydrogen) atoms. The number of hydrogen-bond acceptors (Lipinski definition) is 5. The number of anilines is 1. The topological polar surface area (TPSA) is 80.3 Å². The Kier molecular flexibility index (Phi) is 5.61. The van der Waals surface area contributed by atoms with Gasteiger partial charge in [0.25, 0.3) is 0 Å². The molecule has 1 unspecified atom stereocenters. The van der Waals surface area contributed by atoms with Crippen LogP contribution in [0, 0.1) is 5.92 Å². The lowest BCUT2D eigenvalue weighted by atomic mass is 10.1. The van der Waals surface area contributed by atoms with E-state index in [9.17, 15) is 9.59 Å². The molecule has 7 heteroatoms. The molecule has 126 valence electrons. The zero-order valence-electron chi connectivity index (χ0n) is 13.2. The van der Waals surface area contributed by atoms with Crippen molar-refractivity contribution in [2.45, 2.75) is 51.0 Å². The van der Waals surface area contributed by atoms with E-state index in [0.29, 0.717) is 17.4 Å². The summed E-state index contributed by atoms with van der Waals surface area (Å²) in [6.07, 6.45) is 6.66. The van der Waals surface area contributed by atoms with Crippen LogP contribution in [0.2, 0.25) is 0 Å². The van der Waals surface area contributed by atoms with Crippen LogP contribution >= 0.6 is 11.3 Å². The van der Waals surface area contributed by atoms with Gasteiger partial charge in [0, 0.05) is 24.4 Å². The van der Waals surface area contributed by atoms with Crippen molar-refractivity contribution in [1.82, 2.24) is 10.3 Å². The van der Waals surface area contributed by atoms with Crippen LogP contribution in [0.5, 0.6) is 0 Å². The third-order valence-corrected chi connectivity index (χ3v) is 5.21. The Morgan fingerprint density at radius 3 is 2.83 bits per heavy atom. The van der Waals surface area contributed by atoms with Crippen molar-refractivity contribution in [3.05, 3.63) is 11.1 Å². The van der Waals surface area contributed by atoms with Crippen LogP contribution < -0.4 is 10.6 Å². The SMILES string of the molecule is O=C(Cc1csc(NC(=O)C2CCCC2)n1)NCC1CCCO1. The van der Waals surface area contributed by atoms with Gasteiger partial charge in [-0.1, -0.05) is 12.8 Å². The van der Waals surface area contributed by atoms with E-state index in [1.807, 2.05) is 5.38 Å². The zero-order valence-corrected chi connectivity index (χ0v) is 14.0. The Morgan fingerprint density at radius 1 is 1.26 bits per heavy atom. The number of ether oxygens (including phenoxy) is 1. The van der Waals surface area contributed by atoms with E-state index in [0.717, 1.165) is 45.1 Å². The third-order valence-electron chi connectivity index (χ3n) is 4.40. The van der Waals surface area contributed by atoms with Crippen molar-refractivity contribution in [3.63, 3.8) is 0 Å². The van der Waals surface area contributed by atoms with Gasteiger partial charge < -0.3 is 15.4 Å². The zero-order chi connectivity index (χ0) is 16.1. The lowest BCUT2D eigenvalue weighted by molar-refractivity contribution is -0.121. The molecule has 2 aliphatic rings. The second-order valence-corrected chi connectivity index (χ2v) is 7.09. The van der Waals surface area contributed by atoms with Crippen LogP contribution in [-0.2, 0) is 20.7 Å². The molecule has 0 spiro atoms. The summed E-state index contributed by atoms with van der Waals surface area (Å²) in [5, 5.41) is 8.17. The molecule has 1 aliphatic heterocycles. The fourth-order valence-corrected chi connectivity index (χ4v) is 3.81. The Balaban J connectivity index is 1.42. The minimum atomic E-state index is -0.0560. The fourth-order valence-electron chi connectivity index (χ4n) is 3.10. The van der Waals surface area contributed by atoms with Gasteiger partial charge in [-0.05, 0) is 25.7 Å². The minimum Gasteiger partial charge on any atom is -0.376 e. The quantitative estimate of drug-likeness (QED) is 0.833. The predicted molar refractivity (Wildman–Crippen MR) is 88.4 cm³/mol. The molecule has 1 aromatic rings. The highest BCUT2D eigenvalue weighted by atomic mass is 32.1. The summed E-state index contributed by atoms with van der Waals surface area (Å²) in [4.78, 5) is 28.3. The van der Waals surface area contributed by atoms with Gasteiger partial charge in [-0.2, -0.15) is 0 Å². The highest BCUT2D eigenvalue weighted by Gasteiger charge is 2.23. The number of rotatable bonds is 6. The summed E-state index contributed by atoms with van der Waals surface area (Å²) in [6, 6.07) is 0. The molecule has 1 aromatic heterocycles. The minimum absolute atomic E-state index is 0.0560. The molecule has 3 rings (SSSR count). The standard InChI is InChI=1S/C16H23N3O3S/c20-14(17-9-13-6-3-7-22-13)8-12-10-23-16(18-12)19-15(21)11-4-1-2-5-11/h10-11,13H,1-9H2,(H,17,20)(H,18,19,21). The summed E-state index contributed by atoms with van der Waals surface area (Å²) >= 11 is 1.37. The molecule has 2 fully saturated rings. The first-order valence-corrected chi connectivity index (χ1v) is 9.22. The molecule has 1 saturated heterocycles. The average Bonchev–Trinajstić information content (AvgIpc) is 3.28. The van der Waals surface area contributed by atoms with E-state index >= 15 is 0 Å². The summed E-state index contributed by atoms with van der Waals surface area (Å²) in [6.45, 7) is 1.35. The molecule has 6 nitrogen and oxygen atoms in total. The predicted octanol–water partition coefficient (Wildman–Crippen LogP) is 2.11. The van der Waals surface area contributed by atoms with Crippen LogP contribution in [-0.4, -0.2) is 36.1 Å². The maximum absolute atomic E-state index is 12.1. The molecule has 0 aromatic carbocycles. The molecular formula is C16H23N3O3S. The van der Waals surface area contributed by atoms with E-state index in [-0.39, 0.29) is 30.3 Å². The van der Waals surface area contributed by atoms with E-state index < -0.39 is 0 Å². The first-order chi connectivity index (χ1) is 11.2. The molecule has 2 heterocycles. The Bertz CT molecular complexity index is 549. The molecule has 0 bridgehead atoms. The number of nitrogens with zero attached hydrogens (tertiary/aromatic N) is 1. The molecule has 2 N–H and O–H groups in total. The highest BCUT2D eigenvalue weighted by molar-refractivity contribution is 7.13. The van der Waals surface area contributed by atoms with Crippen molar-refractivity contribution in [2.24, 2.45) is 5.92 Å². The van der Waals surface area contributed by atoms with Crippen molar-refractivity contribution >= 4 is 28.3 Å². The number of carbonyl (C=O) groups excluding carboxylic acids is 2. The van der Waals surface area contributed by atoms with Crippen LogP contribution in [0.3, 0.4) is 0 Å². The van der Waals surface area contributed by atoms with Crippen molar-refractivity contribution < 1.29 is 14.3 Å². The van der Waals surface area contributed by atoms with Gasteiger partial charge in [0.15, 0.2) is 5.13 Å². The van der Waals surface area contributed by atoms with E-state index in [2.05, 4.69) is 15.6 Å². The van der Waals surface area contributed by atoms with Gasteiger partial charge in [-0.25, -0.2) is 4.98 Å². The Hall–Kier alpha value is -1.47. The van der Waals surface area contributed by atoms with Crippen LogP contribution in [0.25, 0.3) is 0 Å². The molecule has 0 radical (unpaired) electrons. The summed E-state index contributed by atoms with van der Waals surface area (Å²) in [5.74, 6) is 0.128. The van der Waals surface area contributed by atoms with Gasteiger partial charge in [0.05, 0.1) is 18.2 Å². The van der Waals surface area contributed by atoms with Gasteiger partial charge in [0.1, 0.15) is 0 Å². The maximum Gasteiger partial charge on any atom is 0.229 e. The third kappa shape index (κ3) is 4.75. The smallest absolute Gasteiger partial charge is 0.229 e. The lowest BCUT2D eigenvalue weighted by Crippen LogP contribution is -2.32.